The van der Waals surface area contributed by atoms with Crippen molar-refractivity contribution in [3.05, 3.63) is 64.4 Å². The van der Waals surface area contributed by atoms with E-state index in [0.29, 0.717) is 11.3 Å². The first-order valence-corrected chi connectivity index (χ1v) is 10.7. The van der Waals surface area contributed by atoms with E-state index < -0.39 is 0 Å². The summed E-state index contributed by atoms with van der Waals surface area (Å²) in [5.41, 5.74) is 1.69. The van der Waals surface area contributed by atoms with Crippen LogP contribution in [-0.2, 0) is 17.8 Å². The molecule has 2 aromatic carbocycles. The lowest BCUT2D eigenvalue weighted by atomic mass is 10.00. The van der Waals surface area contributed by atoms with Gasteiger partial charge in [-0.3, -0.25) is 9.59 Å². The molecule has 1 aliphatic rings. The number of piperidine rings is 1. The van der Waals surface area contributed by atoms with Crippen molar-refractivity contribution < 1.29 is 4.79 Å². The average Bonchev–Trinajstić information content (AvgIpc) is 2.76. The van der Waals surface area contributed by atoms with Crippen LogP contribution in [0.2, 0.25) is 0 Å². The van der Waals surface area contributed by atoms with Crippen LogP contribution in [0, 0.1) is 5.92 Å². The van der Waals surface area contributed by atoms with Crippen LogP contribution in [0.3, 0.4) is 0 Å². The molecule has 0 radical (unpaired) electrons. The summed E-state index contributed by atoms with van der Waals surface area (Å²) in [6.07, 6.45) is 3.25. The van der Waals surface area contributed by atoms with E-state index in [2.05, 4.69) is 29.2 Å². The van der Waals surface area contributed by atoms with E-state index in [1.807, 2.05) is 48.5 Å². The van der Waals surface area contributed by atoms with E-state index >= 15 is 0 Å². The van der Waals surface area contributed by atoms with Gasteiger partial charge >= 0.3 is 0 Å². The van der Waals surface area contributed by atoms with Gasteiger partial charge in [-0.25, -0.2) is 4.68 Å². The monoisotopic (exact) mass is 404 g/mol. The first-order chi connectivity index (χ1) is 14.5. The molecule has 0 aliphatic carbocycles. The van der Waals surface area contributed by atoms with Gasteiger partial charge in [-0.1, -0.05) is 44.2 Å². The number of anilines is 2. The second-order valence-corrected chi connectivity index (χ2v) is 8.12. The van der Waals surface area contributed by atoms with E-state index in [-0.39, 0.29) is 18.0 Å². The summed E-state index contributed by atoms with van der Waals surface area (Å²) in [7, 11) is 0. The first-order valence-electron chi connectivity index (χ1n) is 10.7. The lowest BCUT2D eigenvalue weighted by molar-refractivity contribution is -0.117. The van der Waals surface area contributed by atoms with Crippen molar-refractivity contribution >= 4 is 28.2 Å². The largest absolute Gasteiger partial charge is 0.354 e. The molecule has 1 N–H and O–H groups in total. The fourth-order valence-electron chi connectivity index (χ4n) is 4.10. The molecule has 2 heterocycles. The molecule has 1 fully saturated rings. The molecule has 1 aliphatic heterocycles. The molecule has 1 atom stereocenters. The highest BCUT2D eigenvalue weighted by Crippen LogP contribution is 2.26. The average molecular weight is 405 g/mol. The van der Waals surface area contributed by atoms with Crippen molar-refractivity contribution in [1.82, 2.24) is 9.78 Å². The number of nitrogens with one attached hydrogen (secondary N) is 1. The Hall–Kier alpha value is -3.15. The molecule has 6 heteroatoms. The second kappa shape index (κ2) is 8.69. The maximum atomic E-state index is 13.0. The minimum atomic E-state index is -0.262. The Bertz CT molecular complexity index is 1100. The Kier molecular flexibility index (Phi) is 5.84. The highest BCUT2D eigenvalue weighted by molar-refractivity contribution is 5.93. The highest BCUT2D eigenvalue weighted by Gasteiger charge is 2.22. The Labute approximate surface area is 176 Å². The third kappa shape index (κ3) is 4.22. The molecule has 156 valence electrons. The van der Waals surface area contributed by atoms with Gasteiger partial charge in [0.05, 0.1) is 5.39 Å². The number of aromatic nitrogens is 2. The van der Waals surface area contributed by atoms with Crippen molar-refractivity contribution in [2.75, 3.05) is 23.3 Å². The standard InChI is InChI=1S/C24H28N4O2/c1-3-18-10-12-19(13-11-18)25-22(29)16-28-24(30)21-9-5-4-8-20(21)23(26-28)27-14-6-7-17(2)15-27/h4-5,8-13,17H,3,6-7,14-16H2,1-2H3,(H,25,29). The van der Waals surface area contributed by atoms with Gasteiger partial charge in [-0.05, 0) is 48.9 Å². The number of carbonyl (C=O) groups is 1. The smallest absolute Gasteiger partial charge is 0.275 e. The van der Waals surface area contributed by atoms with Gasteiger partial charge in [0.2, 0.25) is 5.91 Å². The highest BCUT2D eigenvalue weighted by atomic mass is 16.2. The van der Waals surface area contributed by atoms with Crippen molar-refractivity contribution in [2.45, 2.75) is 39.7 Å². The van der Waals surface area contributed by atoms with Gasteiger partial charge in [0, 0.05) is 24.2 Å². The molecule has 3 aromatic rings. The zero-order chi connectivity index (χ0) is 21.1. The molecule has 6 nitrogen and oxygen atoms in total. The van der Waals surface area contributed by atoms with Crippen LogP contribution in [0.25, 0.3) is 10.8 Å². The fourth-order valence-corrected chi connectivity index (χ4v) is 4.10. The third-order valence-electron chi connectivity index (χ3n) is 5.74. The van der Waals surface area contributed by atoms with Crippen LogP contribution in [0.4, 0.5) is 11.5 Å². The Morgan fingerprint density at radius 2 is 1.87 bits per heavy atom. The Morgan fingerprint density at radius 3 is 2.57 bits per heavy atom. The topological polar surface area (TPSA) is 67.2 Å². The molecule has 30 heavy (non-hydrogen) atoms. The van der Waals surface area contributed by atoms with E-state index in [9.17, 15) is 9.59 Å². The van der Waals surface area contributed by atoms with Crippen LogP contribution in [0.1, 0.15) is 32.3 Å². The van der Waals surface area contributed by atoms with E-state index in [1.165, 1.54) is 16.7 Å². The van der Waals surface area contributed by atoms with E-state index in [1.54, 1.807) is 0 Å². The summed E-state index contributed by atoms with van der Waals surface area (Å²) in [6.45, 7) is 6.03. The SMILES string of the molecule is CCc1ccc(NC(=O)Cn2nc(N3CCCC(C)C3)c3ccccc3c2=O)cc1. The summed E-state index contributed by atoms with van der Waals surface area (Å²) in [6, 6.07) is 15.3. The quantitative estimate of drug-likeness (QED) is 0.702. The number of hydrogen-bond donors (Lipinski definition) is 1. The number of carbonyl (C=O) groups excluding carboxylic acids is 1. The Balaban J connectivity index is 1.63. The summed E-state index contributed by atoms with van der Waals surface area (Å²) in [5.74, 6) is 1.10. The van der Waals surface area contributed by atoms with Crippen LogP contribution < -0.4 is 15.8 Å². The maximum Gasteiger partial charge on any atom is 0.275 e. The van der Waals surface area contributed by atoms with Gasteiger partial charge in [0.1, 0.15) is 6.54 Å². The number of aryl methyl sites for hydroxylation is 1. The molecule has 1 aromatic heterocycles. The number of benzene rings is 2. The maximum absolute atomic E-state index is 13.0. The first kappa shape index (κ1) is 20.1. The van der Waals surface area contributed by atoms with Crippen molar-refractivity contribution in [3.63, 3.8) is 0 Å². The predicted octanol–water partition coefficient (Wildman–Crippen LogP) is 3.83. The van der Waals surface area contributed by atoms with Crippen LogP contribution in [-0.4, -0.2) is 28.8 Å². The molecule has 1 saturated heterocycles. The van der Waals surface area contributed by atoms with Crippen molar-refractivity contribution in [3.8, 4) is 0 Å². The van der Waals surface area contributed by atoms with Gasteiger partial charge in [0.25, 0.3) is 5.56 Å². The molecular weight excluding hydrogens is 376 g/mol. The zero-order valence-corrected chi connectivity index (χ0v) is 17.6. The predicted molar refractivity (Wildman–Crippen MR) is 121 cm³/mol. The third-order valence-corrected chi connectivity index (χ3v) is 5.74. The van der Waals surface area contributed by atoms with Crippen LogP contribution in [0.15, 0.2) is 53.3 Å². The number of fused-ring (bicyclic) bond motifs is 1. The lowest BCUT2D eigenvalue weighted by Crippen LogP contribution is -2.38. The lowest BCUT2D eigenvalue weighted by Gasteiger charge is -2.32. The summed E-state index contributed by atoms with van der Waals surface area (Å²) < 4.78 is 1.30. The molecule has 0 spiro atoms. The molecular formula is C24H28N4O2. The molecule has 0 bridgehead atoms. The van der Waals surface area contributed by atoms with Gasteiger partial charge in [0.15, 0.2) is 5.82 Å². The number of hydrogen-bond acceptors (Lipinski definition) is 4. The van der Waals surface area contributed by atoms with Gasteiger partial charge in [-0.2, -0.15) is 5.10 Å². The van der Waals surface area contributed by atoms with Gasteiger partial charge < -0.3 is 10.2 Å². The molecule has 1 amide bonds. The number of nitrogens with zero attached hydrogens (tertiary/aromatic N) is 3. The van der Waals surface area contributed by atoms with Crippen molar-refractivity contribution in [1.29, 1.82) is 0 Å². The normalized spacial score (nSPS) is 16.6. The Morgan fingerprint density at radius 1 is 1.13 bits per heavy atom. The van der Waals surface area contributed by atoms with Crippen LogP contribution >= 0.6 is 0 Å². The summed E-state index contributed by atoms with van der Waals surface area (Å²) in [5, 5.41) is 8.96. The van der Waals surface area contributed by atoms with Gasteiger partial charge in [-0.15, -0.1) is 0 Å². The number of amides is 1. The second-order valence-electron chi connectivity index (χ2n) is 8.12. The minimum Gasteiger partial charge on any atom is -0.354 e. The van der Waals surface area contributed by atoms with Crippen molar-refractivity contribution in [2.24, 2.45) is 5.92 Å². The van der Waals surface area contributed by atoms with E-state index in [0.717, 1.165) is 42.8 Å². The minimum absolute atomic E-state index is 0.115. The molecule has 4 rings (SSSR count). The molecule has 0 saturated carbocycles. The van der Waals surface area contributed by atoms with Crippen LogP contribution in [0.5, 0.6) is 0 Å². The van der Waals surface area contributed by atoms with E-state index in [4.69, 9.17) is 0 Å². The summed E-state index contributed by atoms with van der Waals surface area (Å²) in [4.78, 5) is 27.9. The summed E-state index contributed by atoms with van der Waals surface area (Å²) >= 11 is 0. The number of rotatable bonds is 5. The fraction of sp³-hybridized carbons (Fsp3) is 0.375. The molecule has 1 unspecified atom stereocenters. The zero-order valence-electron chi connectivity index (χ0n) is 17.6.